The normalized spacial score (nSPS) is 24.6. The highest BCUT2D eigenvalue weighted by atomic mass is 35.5. The van der Waals surface area contributed by atoms with E-state index in [0.29, 0.717) is 0 Å². The van der Waals surface area contributed by atoms with Crippen molar-refractivity contribution < 1.29 is 0 Å². The molecule has 0 saturated heterocycles. The first-order valence-corrected chi connectivity index (χ1v) is 4.58. The number of nitrogens with one attached hydrogen (secondary N) is 1. The minimum Gasteiger partial charge on any atom is -0.227 e. The van der Waals surface area contributed by atoms with Gasteiger partial charge < -0.3 is 0 Å². The standard InChI is InChI=1S/C8H16ClN/c1-2-8(10-9)6-4-3-5-7-8/h10H,2-7H2,1H3. The lowest BCUT2D eigenvalue weighted by Gasteiger charge is -2.34. The predicted octanol–water partition coefficient (Wildman–Crippen LogP) is 2.84. The van der Waals surface area contributed by atoms with Crippen molar-refractivity contribution >= 4 is 11.8 Å². The van der Waals surface area contributed by atoms with Gasteiger partial charge in [0.2, 0.25) is 0 Å². The Hall–Kier alpha value is 0.250. The highest BCUT2D eigenvalue weighted by Gasteiger charge is 2.28. The van der Waals surface area contributed by atoms with Gasteiger partial charge in [0, 0.05) is 5.54 Å². The maximum Gasteiger partial charge on any atom is 0.0329 e. The lowest BCUT2D eigenvalue weighted by Crippen LogP contribution is -2.40. The minimum atomic E-state index is 0.278. The highest BCUT2D eigenvalue weighted by molar-refractivity contribution is 6.13. The van der Waals surface area contributed by atoms with Gasteiger partial charge in [0.15, 0.2) is 0 Å². The van der Waals surface area contributed by atoms with Gasteiger partial charge in [0.1, 0.15) is 0 Å². The number of halogens is 1. The Bertz CT molecular complexity index is 91.4. The first kappa shape index (κ1) is 8.35. The summed E-state index contributed by atoms with van der Waals surface area (Å²) in [6.07, 6.45) is 7.75. The molecular weight excluding hydrogens is 146 g/mol. The zero-order chi connectivity index (χ0) is 7.45. The molecule has 1 aliphatic rings. The van der Waals surface area contributed by atoms with E-state index in [1.807, 2.05) is 0 Å². The fourth-order valence-electron chi connectivity index (χ4n) is 1.74. The van der Waals surface area contributed by atoms with E-state index in [9.17, 15) is 0 Å². The second-order valence-electron chi connectivity index (χ2n) is 3.29. The van der Waals surface area contributed by atoms with E-state index < -0.39 is 0 Å². The summed E-state index contributed by atoms with van der Waals surface area (Å²) in [5.41, 5.74) is 0.278. The molecule has 0 radical (unpaired) electrons. The van der Waals surface area contributed by atoms with Gasteiger partial charge in [-0.25, -0.2) is 4.84 Å². The maximum atomic E-state index is 5.69. The largest absolute Gasteiger partial charge is 0.227 e. The third-order valence-corrected chi connectivity index (χ3v) is 3.09. The Morgan fingerprint density at radius 3 is 2.20 bits per heavy atom. The van der Waals surface area contributed by atoms with Crippen LogP contribution in [0.4, 0.5) is 0 Å². The Morgan fingerprint density at radius 1 is 1.30 bits per heavy atom. The van der Waals surface area contributed by atoms with E-state index in [1.54, 1.807) is 0 Å². The van der Waals surface area contributed by atoms with Crippen LogP contribution in [0.25, 0.3) is 0 Å². The Balaban J connectivity index is 2.44. The predicted molar refractivity (Wildman–Crippen MR) is 45.1 cm³/mol. The molecule has 10 heavy (non-hydrogen) atoms. The second kappa shape index (κ2) is 3.59. The van der Waals surface area contributed by atoms with Crippen LogP contribution in [0.15, 0.2) is 0 Å². The molecular formula is C8H16ClN. The van der Waals surface area contributed by atoms with E-state index in [2.05, 4.69) is 11.8 Å². The molecule has 1 aliphatic carbocycles. The Labute approximate surface area is 68.3 Å². The third-order valence-electron chi connectivity index (χ3n) is 2.69. The van der Waals surface area contributed by atoms with Crippen LogP contribution >= 0.6 is 11.8 Å². The molecule has 0 amide bonds. The number of rotatable bonds is 2. The van der Waals surface area contributed by atoms with Crippen LogP contribution < -0.4 is 4.84 Å². The third kappa shape index (κ3) is 1.64. The molecule has 0 spiro atoms. The van der Waals surface area contributed by atoms with Crippen molar-refractivity contribution in [1.29, 1.82) is 0 Å². The average molecular weight is 162 g/mol. The van der Waals surface area contributed by atoms with Gasteiger partial charge in [0.25, 0.3) is 0 Å². The SMILES string of the molecule is CCC1(NCl)CCCCC1. The van der Waals surface area contributed by atoms with Crippen LogP contribution in [0.1, 0.15) is 45.4 Å². The van der Waals surface area contributed by atoms with E-state index >= 15 is 0 Å². The number of hydrogen-bond acceptors (Lipinski definition) is 1. The van der Waals surface area contributed by atoms with Crippen molar-refractivity contribution in [1.82, 2.24) is 4.84 Å². The fourth-order valence-corrected chi connectivity index (χ4v) is 2.07. The van der Waals surface area contributed by atoms with Gasteiger partial charge in [-0.1, -0.05) is 26.2 Å². The first-order valence-electron chi connectivity index (χ1n) is 4.21. The van der Waals surface area contributed by atoms with Gasteiger partial charge in [-0.05, 0) is 31.0 Å². The Morgan fingerprint density at radius 2 is 1.90 bits per heavy atom. The van der Waals surface area contributed by atoms with Gasteiger partial charge in [-0.15, -0.1) is 0 Å². The lowest BCUT2D eigenvalue weighted by molar-refractivity contribution is 0.264. The van der Waals surface area contributed by atoms with Gasteiger partial charge in [0.05, 0.1) is 0 Å². The minimum absolute atomic E-state index is 0.278. The monoisotopic (exact) mass is 161 g/mol. The molecule has 60 valence electrons. The van der Waals surface area contributed by atoms with Crippen LogP contribution in [0.3, 0.4) is 0 Å². The molecule has 1 rings (SSSR count). The first-order chi connectivity index (χ1) is 4.83. The molecule has 0 bridgehead atoms. The molecule has 1 fully saturated rings. The van der Waals surface area contributed by atoms with Gasteiger partial charge >= 0.3 is 0 Å². The summed E-state index contributed by atoms with van der Waals surface area (Å²) < 4.78 is 0. The zero-order valence-electron chi connectivity index (χ0n) is 6.62. The Kier molecular flexibility index (Phi) is 2.99. The van der Waals surface area contributed by atoms with Crippen molar-refractivity contribution in [2.45, 2.75) is 51.0 Å². The topological polar surface area (TPSA) is 12.0 Å². The number of hydrogen-bond donors (Lipinski definition) is 1. The van der Waals surface area contributed by atoms with Crippen LogP contribution in [-0.2, 0) is 0 Å². The van der Waals surface area contributed by atoms with Crippen molar-refractivity contribution in [2.24, 2.45) is 0 Å². The van der Waals surface area contributed by atoms with Crippen LogP contribution in [0.5, 0.6) is 0 Å². The maximum absolute atomic E-state index is 5.69. The van der Waals surface area contributed by atoms with Crippen LogP contribution in [0, 0.1) is 0 Å². The molecule has 0 atom stereocenters. The van der Waals surface area contributed by atoms with E-state index in [-0.39, 0.29) is 5.54 Å². The molecule has 0 unspecified atom stereocenters. The van der Waals surface area contributed by atoms with Gasteiger partial charge in [-0.2, -0.15) is 0 Å². The van der Waals surface area contributed by atoms with E-state index in [0.717, 1.165) is 6.42 Å². The van der Waals surface area contributed by atoms with Crippen LogP contribution in [-0.4, -0.2) is 5.54 Å². The molecule has 0 aromatic rings. The molecule has 2 heteroatoms. The second-order valence-corrected chi connectivity index (χ2v) is 3.48. The van der Waals surface area contributed by atoms with Crippen molar-refractivity contribution in [3.8, 4) is 0 Å². The smallest absolute Gasteiger partial charge is 0.0329 e. The van der Waals surface area contributed by atoms with E-state index in [4.69, 9.17) is 11.8 Å². The summed E-state index contributed by atoms with van der Waals surface area (Å²) in [5.74, 6) is 0. The molecule has 0 aromatic carbocycles. The zero-order valence-corrected chi connectivity index (χ0v) is 7.38. The quantitative estimate of drug-likeness (QED) is 0.615. The van der Waals surface area contributed by atoms with Crippen LogP contribution in [0.2, 0.25) is 0 Å². The van der Waals surface area contributed by atoms with Crippen molar-refractivity contribution in [3.05, 3.63) is 0 Å². The summed E-state index contributed by atoms with van der Waals surface area (Å²) in [4.78, 5) is 2.94. The van der Waals surface area contributed by atoms with E-state index in [1.165, 1.54) is 32.1 Å². The van der Waals surface area contributed by atoms with Crippen molar-refractivity contribution in [3.63, 3.8) is 0 Å². The summed E-state index contributed by atoms with van der Waals surface area (Å²) in [5, 5.41) is 0. The fraction of sp³-hybridized carbons (Fsp3) is 1.00. The molecule has 1 saturated carbocycles. The molecule has 1 N–H and O–H groups in total. The summed E-state index contributed by atoms with van der Waals surface area (Å²) in [7, 11) is 0. The molecule has 0 aliphatic heterocycles. The highest BCUT2D eigenvalue weighted by Crippen LogP contribution is 2.30. The molecule has 0 aromatic heterocycles. The van der Waals surface area contributed by atoms with Crippen molar-refractivity contribution in [2.75, 3.05) is 0 Å². The van der Waals surface area contributed by atoms with Gasteiger partial charge in [-0.3, -0.25) is 0 Å². The summed E-state index contributed by atoms with van der Waals surface area (Å²) in [6.45, 7) is 2.21. The summed E-state index contributed by atoms with van der Waals surface area (Å²) >= 11 is 5.69. The lowest BCUT2D eigenvalue weighted by atomic mass is 9.81. The molecule has 0 heterocycles. The molecule has 1 nitrogen and oxygen atoms in total. The summed E-state index contributed by atoms with van der Waals surface area (Å²) in [6, 6.07) is 0. The average Bonchev–Trinajstić information content (AvgIpc) is 2.06.